The maximum atomic E-state index is 12.5. The van der Waals surface area contributed by atoms with Crippen LogP contribution in [-0.4, -0.2) is 24.6 Å². The van der Waals surface area contributed by atoms with Gasteiger partial charge in [-0.15, -0.1) is 13.2 Å². The van der Waals surface area contributed by atoms with Crippen LogP contribution in [0.4, 0.5) is 5.82 Å². The van der Waals surface area contributed by atoms with E-state index < -0.39 is 29.5 Å². The molecule has 0 aliphatic rings. The highest BCUT2D eigenvalue weighted by atomic mass is 35.5. The molecule has 0 spiro atoms. The quantitative estimate of drug-likeness (QED) is 0.680. The standard InChI is InChI=1S/C16H15Cl2N5O4/c1-3-5-21-14(25)22(6-4-2)16(27)23(15(21)26)9-12(24)20-13-11(18)7-10(17)8-19-13/h3-4,7-8H,1-2,5-6,9H2,(H,19,20,24). The molecule has 0 fully saturated rings. The molecular formula is C16H15Cl2N5O4. The Kier molecular flexibility index (Phi) is 6.54. The molecule has 2 aromatic heterocycles. The van der Waals surface area contributed by atoms with Gasteiger partial charge in [0.1, 0.15) is 6.54 Å². The fourth-order valence-corrected chi connectivity index (χ4v) is 2.64. The molecule has 0 aliphatic carbocycles. The average Bonchev–Trinajstić information content (AvgIpc) is 2.62. The fourth-order valence-electron chi connectivity index (χ4n) is 2.21. The van der Waals surface area contributed by atoms with Crippen LogP contribution in [-0.2, 0) is 24.4 Å². The van der Waals surface area contributed by atoms with Crippen molar-refractivity contribution in [2.75, 3.05) is 5.32 Å². The van der Waals surface area contributed by atoms with E-state index >= 15 is 0 Å². The summed E-state index contributed by atoms with van der Waals surface area (Å²) in [6.07, 6.45) is 3.93. The van der Waals surface area contributed by atoms with E-state index in [-0.39, 0.29) is 29.0 Å². The first-order valence-electron chi connectivity index (χ1n) is 7.57. The SMILES string of the molecule is C=CCn1c(=O)n(CC=C)c(=O)n(CC(=O)Nc2ncc(Cl)cc2Cl)c1=O. The lowest BCUT2D eigenvalue weighted by atomic mass is 10.4. The monoisotopic (exact) mass is 411 g/mol. The Hall–Kier alpha value is -2.91. The zero-order valence-electron chi connectivity index (χ0n) is 14.0. The zero-order valence-corrected chi connectivity index (χ0v) is 15.5. The Morgan fingerprint density at radius 2 is 1.56 bits per heavy atom. The predicted octanol–water partition coefficient (Wildman–Crippen LogP) is 0.884. The minimum atomic E-state index is -0.935. The Morgan fingerprint density at radius 3 is 2.04 bits per heavy atom. The van der Waals surface area contributed by atoms with Crippen LogP contribution in [0.2, 0.25) is 10.0 Å². The molecule has 0 atom stereocenters. The summed E-state index contributed by atoms with van der Waals surface area (Å²) in [7, 11) is 0. The molecule has 0 bridgehead atoms. The molecule has 2 heterocycles. The number of carbonyl (C=O) groups is 1. The molecule has 11 heteroatoms. The number of pyridine rings is 1. The number of nitrogens with zero attached hydrogens (tertiary/aromatic N) is 4. The highest BCUT2D eigenvalue weighted by Gasteiger charge is 2.17. The number of aromatic nitrogens is 4. The van der Waals surface area contributed by atoms with Gasteiger partial charge >= 0.3 is 17.1 Å². The molecule has 9 nitrogen and oxygen atoms in total. The summed E-state index contributed by atoms with van der Waals surface area (Å²) < 4.78 is 2.21. The van der Waals surface area contributed by atoms with Crippen molar-refractivity contribution < 1.29 is 4.79 Å². The second-order valence-corrected chi connectivity index (χ2v) is 6.11. The number of amides is 1. The van der Waals surface area contributed by atoms with Crippen molar-refractivity contribution in [3.63, 3.8) is 0 Å². The van der Waals surface area contributed by atoms with E-state index in [1.54, 1.807) is 0 Å². The molecule has 0 saturated carbocycles. The van der Waals surface area contributed by atoms with Gasteiger partial charge in [0.2, 0.25) is 5.91 Å². The van der Waals surface area contributed by atoms with Crippen molar-refractivity contribution in [2.45, 2.75) is 19.6 Å². The van der Waals surface area contributed by atoms with Crippen LogP contribution in [0.5, 0.6) is 0 Å². The van der Waals surface area contributed by atoms with Crippen LogP contribution in [0.3, 0.4) is 0 Å². The van der Waals surface area contributed by atoms with E-state index in [0.29, 0.717) is 4.57 Å². The lowest BCUT2D eigenvalue weighted by molar-refractivity contribution is -0.116. The molecule has 2 rings (SSSR count). The van der Waals surface area contributed by atoms with Crippen molar-refractivity contribution in [1.82, 2.24) is 18.7 Å². The van der Waals surface area contributed by atoms with Gasteiger partial charge in [-0.05, 0) is 6.07 Å². The first-order valence-corrected chi connectivity index (χ1v) is 8.33. The number of hydrogen-bond donors (Lipinski definition) is 1. The minimum Gasteiger partial charge on any atom is -0.308 e. The highest BCUT2D eigenvalue weighted by molar-refractivity contribution is 6.36. The molecule has 1 amide bonds. The summed E-state index contributed by atoms with van der Waals surface area (Å²) in [5, 5.41) is 2.74. The first kappa shape index (κ1) is 20.4. The first-order chi connectivity index (χ1) is 12.8. The van der Waals surface area contributed by atoms with E-state index in [2.05, 4.69) is 23.5 Å². The number of nitrogens with one attached hydrogen (secondary N) is 1. The van der Waals surface area contributed by atoms with Crippen LogP contribution in [0.25, 0.3) is 0 Å². The van der Waals surface area contributed by atoms with E-state index in [4.69, 9.17) is 23.2 Å². The van der Waals surface area contributed by atoms with Gasteiger partial charge < -0.3 is 5.32 Å². The number of hydrogen-bond acceptors (Lipinski definition) is 5. The molecule has 0 saturated heterocycles. The lowest BCUT2D eigenvalue weighted by Crippen LogP contribution is -2.55. The predicted molar refractivity (Wildman–Crippen MR) is 103 cm³/mol. The Labute approximate surface area is 162 Å². The van der Waals surface area contributed by atoms with Crippen molar-refractivity contribution in [2.24, 2.45) is 0 Å². The molecule has 0 aliphatic heterocycles. The molecule has 0 aromatic carbocycles. The Bertz CT molecular complexity index is 1040. The second-order valence-electron chi connectivity index (χ2n) is 5.26. The van der Waals surface area contributed by atoms with Gasteiger partial charge in [0, 0.05) is 6.20 Å². The third-order valence-corrected chi connectivity index (χ3v) is 3.87. The van der Waals surface area contributed by atoms with Crippen molar-refractivity contribution in [1.29, 1.82) is 0 Å². The second kappa shape index (κ2) is 8.65. The largest absolute Gasteiger partial charge is 0.337 e. The zero-order chi connectivity index (χ0) is 20.1. The van der Waals surface area contributed by atoms with E-state index in [1.165, 1.54) is 24.4 Å². The minimum absolute atomic E-state index is 0.0185. The summed E-state index contributed by atoms with van der Waals surface area (Å²) in [5.41, 5.74) is -2.69. The van der Waals surface area contributed by atoms with Gasteiger partial charge in [-0.25, -0.2) is 33.1 Å². The highest BCUT2D eigenvalue weighted by Crippen LogP contribution is 2.22. The Balaban J connectivity index is 2.45. The third-order valence-electron chi connectivity index (χ3n) is 3.38. The summed E-state index contributed by atoms with van der Waals surface area (Å²) in [6, 6.07) is 1.37. The smallest absolute Gasteiger partial charge is 0.308 e. The normalized spacial score (nSPS) is 10.4. The van der Waals surface area contributed by atoms with Crippen molar-refractivity contribution in [3.8, 4) is 0 Å². The van der Waals surface area contributed by atoms with E-state index in [9.17, 15) is 19.2 Å². The average molecular weight is 412 g/mol. The fraction of sp³-hybridized carbons (Fsp3) is 0.188. The van der Waals surface area contributed by atoms with Crippen LogP contribution < -0.4 is 22.4 Å². The summed E-state index contributed by atoms with van der Waals surface area (Å²) in [4.78, 5) is 53.3. The maximum Gasteiger partial charge on any atom is 0.337 e. The third kappa shape index (κ3) is 4.44. The number of anilines is 1. The summed E-state index contributed by atoms with van der Waals surface area (Å²) in [6.45, 7) is 6.05. The van der Waals surface area contributed by atoms with Gasteiger partial charge in [0.25, 0.3) is 0 Å². The number of rotatable bonds is 7. The number of carbonyl (C=O) groups excluding carboxylic acids is 1. The van der Waals surface area contributed by atoms with Crippen LogP contribution in [0, 0.1) is 0 Å². The molecule has 27 heavy (non-hydrogen) atoms. The van der Waals surface area contributed by atoms with Gasteiger partial charge in [-0.1, -0.05) is 35.4 Å². The maximum absolute atomic E-state index is 12.5. The van der Waals surface area contributed by atoms with Gasteiger partial charge in [0.05, 0.1) is 23.1 Å². The van der Waals surface area contributed by atoms with E-state index in [0.717, 1.165) is 9.13 Å². The number of halogens is 2. The summed E-state index contributed by atoms with van der Waals surface area (Å²) >= 11 is 11.7. The van der Waals surface area contributed by atoms with Crippen molar-refractivity contribution >= 4 is 34.9 Å². The molecule has 142 valence electrons. The van der Waals surface area contributed by atoms with Crippen LogP contribution in [0.15, 0.2) is 52.0 Å². The lowest BCUT2D eigenvalue weighted by Gasteiger charge is -2.12. The summed E-state index contributed by atoms with van der Waals surface area (Å²) in [5.74, 6) is -0.718. The molecule has 1 N–H and O–H groups in total. The number of allylic oxidation sites excluding steroid dienone is 2. The molecular weight excluding hydrogens is 397 g/mol. The molecule has 0 radical (unpaired) electrons. The van der Waals surface area contributed by atoms with Gasteiger partial charge in [0.15, 0.2) is 5.82 Å². The van der Waals surface area contributed by atoms with Gasteiger partial charge in [-0.3, -0.25) is 4.79 Å². The Morgan fingerprint density at radius 1 is 1.04 bits per heavy atom. The van der Waals surface area contributed by atoms with Crippen molar-refractivity contribution in [3.05, 3.63) is 79.1 Å². The topological polar surface area (TPSA) is 108 Å². The molecule has 2 aromatic rings. The van der Waals surface area contributed by atoms with Crippen LogP contribution >= 0.6 is 23.2 Å². The van der Waals surface area contributed by atoms with E-state index in [1.807, 2.05) is 0 Å². The molecule has 0 unspecified atom stereocenters. The van der Waals surface area contributed by atoms with Crippen LogP contribution in [0.1, 0.15) is 0 Å². The van der Waals surface area contributed by atoms with Gasteiger partial charge in [-0.2, -0.15) is 0 Å².